The van der Waals surface area contributed by atoms with Crippen LogP contribution in [0.4, 0.5) is 11.5 Å². The molecule has 1 saturated heterocycles. The van der Waals surface area contributed by atoms with Crippen molar-refractivity contribution >= 4 is 23.1 Å². The van der Waals surface area contributed by atoms with Crippen molar-refractivity contribution < 1.29 is 4.79 Å². The van der Waals surface area contributed by atoms with Gasteiger partial charge in [0.05, 0.1) is 11.9 Å². The molecule has 128 valence electrons. The van der Waals surface area contributed by atoms with Crippen molar-refractivity contribution in [2.75, 3.05) is 16.8 Å². The molecule has 4 heterocycles. The Labute approximate surface area is 143 Å². The van der Waals surface area contributed by atoms with Gasteiger partial charge in [-0.15, -0.1) is 15.3 Å². The molecule has 0 spiro atoms. The average Bonchev–Trinajstić information content (AvgIpc) is 3.05. The van der Waals surface area contributed by atoms with Gasteiger partial charge in [0.15, 0.2) is 11.5 Å². The highest BCUT2D eigenvalue weighted by Crippen LogP contribution is 2.38. The molecular weight excluding hydrogens is 320 g/mol. The van der Waals surface area contributed by atoms with E-state index in [0.717, 1.165) is 36.4 Å². The Hall–Kier alpha value is -2.97. The number of hydrogen-bond donors (Lipinski definition) is 1. The topological polar surface area (TPSA) is 93.2 Å². The fraction of sp³-hybridized carbons (Fsp3) is 0.438. The fourth-order valence-corrected chi connectivity index (χ4v) is 3.28. The summed E-state index contributed by atoms with van der Waals surface area (Å²) in [7, 11) is 1.84. The fourth-order valence-electron chi connectivity index (χ4n) is 3.28. The number of hydrogen-bond acceptors (Lipinski definition) is 6. The molecule has 3 aromatic rings. The number of aryl methyl sites for hydroxylation is 1. The van der Waals surface area contributed by atoms with E-state index in [4.69, 9.17) is 0 Å². The highest BCUT2D eigenvalue weighted by molar-refractivity contribution is 6.00. The first kappa shape index (κ1) is 14.4. The molecule has 1 aliphatic heterocycles. The zero-order chi connectivity index (χ0) is 17.0. The first-order valence-corrected chi connectivity index (χ1v) is 8.48. The number of nitrogens with one attached hydrogen (secondary N) is 1. The molecule has 1 unspecified atom stereocenters. The molecule has 0 bridgehead atoms. The van der Waals surface area contributed by atoms with Crippen LogP contribution in [0, 0.1) is 0 Å². The van der Waals surface area contributed by atoms with Crippen molar-refractivity contribution in [1.82, 2.24) is 29.6 Å². The molecule has 0 radical (unpaired) electrons. The summed E-state index contributed by atoms with van der Waals surface area (Å²) >= 11 is 0. The minimum atomic E-state index is -0.286. The molecule has 25 heavy (non-hydrogen) atoms. The SMILES string of the molecule is Cn1cc(N2CCC(Nc3ccc4nnc(C5CC5)n4n3)C2=O)cn1. The predicted molar refractivity (Wildman–Crippen MR) is 90.3 cm³/mol. The second kappa shape index (κ2) is 5.27. The predicted octanol–water partition coefficient (Wildman–Crippen LogP) is 0.953. The number of fused-ring (bicyclic) bond motifs is 1. The Morgan fingerprint density at radius 3 is 2.84 bits per heavy atom. The number of carbonyl (C=O) groups is 1. The van der Waals surface area contributed by atoms with E-state index < -0.39 is 0 Å². The molecule has 5 rings (SSSR count). The van der Waals surface area contributed by atoms with Crippen molar-refractivity contribution in [3.05, 3.63) is 30.4 Å². The van der Waals surface area contributed by atoms with Crippen LogP contribution in [0.5, 0.6) is 0 Å². The van der Waals surface area contributed by atoms with Gasteiger partial charge >= 0.3 is 0 Å². The number of carbonyl (C=O) groups excluding carboxylic acids is 1. The quantitative estimate of drug-likeness (QED) is 0.761. The van der Waals surface area contributed by atoms with E-state index in [-0.39, 0.29) is 11.9 Å². The normalized spacial score (nSPS) is 20.6. The minimum absolute atomic E-state index is 0.0427. The van der Waals surface area contributed by atoms with Gasteiger partial charge in [-0.3, -0.25) is 9.48 Å². The Kier molecular flexibility index (Phi) is 3.03. The molecule has 9 heteroatoms. The first-order chi connectivity index (χ1) is 12.2. The summed E-state index contributed by atoms with van der Waals surface area (Å²) in [5, 5.41) is 20.4. The van der Waals surface area contributed by atoms with Gasteiger partial charge in [0, 0.05) is 25.7 Å². The van der Waals surface area contributed by atoms with E-state index in [2.05, 4.69) is 25.7 Å². The lowest BCUT2D eigenvalue weighted by molar-refractivity contribution is -0.117. The molecule has 2 fully saturated rings. The van der Waals surface area contributed by atoms with Gasteiger partial charge in [-0.1, -0.05) is 0 Å². The van der Waals surface area contributed by atoms with Gasteiger partial charge in [-0.2, -0.15) is 9.61 Å². The zero-order valence-electron chi connectivity index (χ0n) is 13.8. The van der Waals surface area contributed by atoms with Crippen LogP contribution in [0.1, 0.15) is 31.0 Å². The van der Waals surface area contributed by atoms with Crippen molar-refractivity contribution in [2.24, 2.45) is 7.05 Å². The van der Waals surface area contributed by atoms with Crippen LogP contribution in [0.3, 0.4) is 0 Å². The Bertz CT molecular complexity index is 956. The van der Waals surface area contributed by atoms with E-state index in [1.54, 1.807) is 20.3 Å². The lowest BCUT2D eigenvalue weighted by Crippen LogP contribution is -2.33. The maximum absolute atomic E-state index is 12.7. The van der Waals surface area contributed by atoms with E-state index >= 15 is 0 Å². The van der Waals surface area contributed by atoms with Gasteiger partial charge in [-0.05, 0) is 31.4 Å². The second-order valence-corrected chi connectivity index (χ2v) is 6.67. The number of anilines is 2. The van der Waals surface area contributed by atoms with E-state index in [9.17, 15) is 4.79 Å². The van der Waals surface area contributed by atoms with Crippen molar-refractivity contribution in [3.8, 4) is 0 Å². The van der Waals surface area contributed by atoms with Crippen LogP contribution < -0.4 is 10.2 Å². The molecule has 9 nitrogen and oxygen atoms in total. The van der Waals surface area contributed by atoms with E-state index in [0.29, 0.717) is 18.3 Å². The number of rotatable bonds is 4. The molecular formula is C16H18N8O. The zero-order valence-corrected chi connectivity index (χ0v) is 13.8. The molecule has 2 aliphatic rings. The molecule has 0 aromatic carbocycles. The summed E-state index contributed by atoms with van der Waals surface area (Å²) in [5.41, 5.74) is 1.57. The molecule has 1 aliphatic carbocycles. The summed E-state index contributed by atoms with van der Waals surface area (Å²) in [6, 6.07) is 3.44. The second-order valence-electron chi connectivity index (χ2n) is 6.67. The molecule has 1 N–H and O–H groups in total. The molecule has 1 amide bonds. The maximum Gasteiger partial charge on any atom is 0.249 e. The largest absolute Gasteiger partial charge is 0.357 e. The Balaban J connectivity index is 1.37. The highest BCUT2D eigenvalue weighted by Gasteiger charge is 2.34. The van der Waals surface area contributed by atoms with Crippen LogP contribution in [-0.2, 0) is 11.8 Å². The summed E-state index contributed by atoms with van der Waals surface area (Å²) in [5.74, 6) is 2.09. The van der Waals surface area contributed by atoms with Gasteiger partial charge in [-0.25, -0.2) is 0 Å². The number of aromatic nitrogens is 6. The van der Waals surface area contributed by atoms with Crippen molar-refractivity contribution in [1.29, 1.82) is 0 Å². The van der Waals surface area contributed by atoms with Gasteiger partial charge in [0.2, 0.25) is 5.91 Å². The van der Waals surface area contributed by atoms with Gasteiger partial charge < -0.3 is 10.2 Å². The van der Waals surface area contributed by atoms with Gasteiger partial charge in [0.25, 0.3) is 0 Å². The van der Waals surface area contributed by atoms with Crippen molar-refractivity contribution in [3.63, 3.8) is 0 Å². The third kappa shape index (κ3) is 2.43. The molecule has 3 aromatic heterocycles. The maximum atomic E-state index is 12.7. The Morgan fingerprint density at radius 2 is 2.08 bits per heavy atom. The average molecular weight is 338 g/mol. The van der Waals surface area contributed by atoms with E-state index in [1.807, 2.05) is 25.4 Å². The number of nitrogens with zero attached hydrogens (tertiary/aromatic N) is 7. The molecule has 1 saturated carbocycles. The van der Waals surface area contributed by atoms with Crippen LogP contribution >= 0.6 is 0 Å². The summed E-state index contributed by atoms with van der Waals surface area (Å²) < 4.78 is 3.49. The van der Waals surface area contributed by atoms with Crippen LogP contribution in [0.15, 0.2) is 24.5 Å². The van der Waals surface area contributed by atoms with Crippen LogP contribution in [-0.4, -0.2) is 48.1 Å². The molecule has 1 atom stereocenters. The van der Waals surface area contributed by atoms with E-state index in [1.165, 1.54) is 0 Å². The standard InChI is InChI=1S/C16H18N8O/c1-22-9-11(8-17-22)23-7-6-12(16(23)25)18-13-4-5-14-19-20-15(10-2-3-10)24(14)21-13/h4-5,8-10,12H,2-3,6-7H2,1H3,(H,18,21). The third-order valence-corrected chi connectivity index (χ3v) is 4.76. The summed E-state index contributed by atoms with van der Waals surface area (Å²) in [6.07, 6.45) is 6.57. The van der Waals surface area contributed by atoms with Crippen LogP contribution in [0.2, 0.25) is 0 Å². The number of amides is 1. The van der Waals surface area contributed by atoms with Crippen molar-refractivity contribution in [2.45, 2.75) is 31.2 Å². The first-order valence-electron chi connectivity index (χ1n) is 8.48. The third-order valence-electron chi connectivity index (χ3n) is 4.76. The summed E-state index contributed by atoms with van der Waals surface area (Å²) in [4.78, 5) is 14.4. The smallest absolute Gasteiger partial charge is 0.249 e. The highest BCUT2D eigenvalue weighted by atomic mass is 16.2. The Morgan fingerprint density at radius 1 is 1.20 bits per heavy atom. The summed E-state index contributed by atoms with van der Waals surface area (Å²) in [6.45, 7) is 0.671. The lowest BCUT2D eigenvalue weighted by Gasteiger charge is -2.15. The minimum Gasteiger partial charge on any atom is -0.357 e. The van der Waals surface area contributed by atoms with Gasteiger partial charge in [0.1, 0.15) is 11.9 Å². The lowest BCUT2D eigenvalue weighted by atomic mass is 10.2. The monoisotopic (exact) mass is 338 g/mol. The van der Waals surface area contributed by atoms with Crippen LogP contribution in [0.25, 0.3) is 5.65 Å².